The quantitative estimate of drug-likeness (QED) is 0.800. The molecule has 5 nitrogen and oxygen atoms in total. The number of aromatic nitrogens is 1. The zero-order chi connectivity index (χ0) is 18.1. The average Bonchev–Trinajstić information content (AvgIpc) is 2.61. The summed E-state index contributed by atoms with van der Waals surface area (Å²) in [5.74, 6) is -0.521. The molecule has 0 aliphatic rings. The van der Waals surface area contributed by atoms with Crippen molar-refractivity contribution in [1.29, 1.82) is 0 Å². The number of hydrogen-bond acceptors (Lipinski definition) is 3. The Hall–Kier alpha value is -2.76. The topological polar surface area (TPSA) is 62.3 Å². The highest BCUT2D eigenvalue weighted by Gasteiger charge is 2.12. The Bertz CT molecular complexity index is 707. The highest BCUT2D eigenvalue weighted by Crippen LogP contribution is 2.07. The summed E-state index contributed by atoms with van der Waals surface area (Å²) in [6.45, 7) is 2.59. The van der Waals surface area contributed by atoms with Crippen LogP contribution in [0.3, 0.4) is 0 Å². The summed E-state index contributed by atoms with van der Waals surface area (Å²) in [7, 11) is 0. The maximum Gasteiger partial charge on any atom is 0.221 e. The SMILES string of the molecule is CC(=O)N(CCC(=O)NCCc1ccccc1F)Cc1cccnc1. The van der Waals surface area contributed by atoms with Gasteiger partial charge in [-0.2, -0.15) is 0 Å². The maximum absolute atomic E-state index is 13.5. The molecule has 2 rings (SSSR count). The minimum atomic E-state index is -0.268. The van der Waals surface area contributed by atoms with Crippen LogP contribution in [0.5, 0.6) is 0 Å². The molecule has 1 aromatic heterocycles. The van der Waals surface area contributed by atoms with Gasteiger partial charge >= 0.3 is 0 Å². The van der Waals surface area contributed by atoms with Gasteiger partial charge in [-0.3, -0.25) is 14.6 Å². The number of carbonyl (C=O) groups excluding carboxylic acids is 2. The molecular formula is C19H22FN3O2. The summed E-state index contributed by atoms with van der Waals surface area (Å²) in [5, 5.41) is 2.76. The van der Waals surface area contributed by atoms with Crippen molar-refractivity contribution in [3.05, 3.63) is 65.7 Å². The smallest absolute Gasteiger partial charge is 0.221 e. The maximum atomic E-state index is 13.5. The van der Waals surface area contributed by atoms with Crippen LogP contribution in [0.25, 0.3) is 0 Å². The predicted molar refractivity (Wildman–Crippen MR) is 93.1 cm³/mol. The summed E-state index contributed by atoms with van der Waals surface area (Å²) in [6, 6.07) is 10.2. The molecule has 0 spiro atoms. The molecular weight excluding hydrogens is 321 g/mol. The summed E-state index contributed by atoms with van der Waals surface area (Å²) in [4.78, 5) is 29.3. The molecule has 2 amide bonds. The van der Waals surface area contributed by atoms with Crippen molar-refractivity contribution in [3.63, 3.8) is 0 Å². The molecule has 0 radical (unpaired) electrons. The third-order valence-corrected chi connectivity index (χ3v) is 3.82. The molecule has 0 saturated heterocycles. The Balaban J connectivity index is 1.75. The van der Waals surface area contributed by atoms with Crippen LogP contribution in [0.15, 0.2) is 48.8 Å². The van der Waals surface area contributed by atoms with E-state index in [1.807, 2.05) is 12.1 Å². The van der Waals surface area contributed by atoms with Gasteiger partial charge in [0.25, 0.3) is 0 Å². The lowest BCUT2D eigenvalue weighted by Crippen LogP contribution is -2.34. The highest BCUT2D eigenvalue weighted by atomic mass is 19.1. The Morgan fingerprint density at radius 2 is 2.00 bits per heavy atom. The molecule has 1 N–H and O–H groups in total. The van der Waals surface area contributed by atoms with E-state index < -0.39 is 0 Å². The second kappa shape index (κ2) is 9.52. The second-order valence-corrected chi connectivity index (χ2v) is 5.74. The van der Waals surface area contributed by atoms with E-state index in [1.165, 1.54) is 13.0 Å². The van der Waals surface area contributed by atoms with Crippen molar-refractivity contribution in [3.8, 4) is 0 Å². The summed E-state index contributed by atoms with van der Waals surface area (Å²) in [6.07, 6.45) is 4.01. The van der Waals surface area contributed by atoms with E-state index >= 15 is 0 Å². The van der Waals surface area contributed by atoms with Crippen molar-refractivity contribution >= 4 is 11.8 Å². The number of carbonyl (C=O) groups is 2. The fourth-order valence-corrected chi connectivity index (χ4v) is 2.42. The number of benzene rings is 1. The van der Waals surface area contributed by atoms with Gasteiger partial charge < -0.3 is 10.2 Å². The van der Waals surface area contributed by atoms with E-state index in [0.717, 1.165) is 5.56 Å². The average molecular weight is 343 g/mol. The van der Waals surface area contributed by atoms with Crippen molar-refractivity contribution < 1.29 is 14.0 Å². The first kappa shape index (κ1) is 18.6. The fraction of sp³-hybridized carbons (Fsp3) is 0.316. The Morgan fingerprint density at radius 1 is 1.20 bits per heavy atom. The van der Waals surface area contributed by atoms with Gasteiger partial charge in [0, 0.05) is 45.4 Å². The zero-order valence-electron chi connectivity index (χ0n) is 14.2. The molecule has 132 valence electrons. The third kappa shape index (κ3) is 6.33. The molecule has 0 unspecified atom stereocenters. The van der Waals surface area contributed by atoms with Gasteiger partial charge in [-0.25, -0.2) is 4.39 Å². The minimum absolute atomic E-state index is 0.0944. The van der Waals surface area contributed by atoms with E-state index in [9.17, 15) is 14.0 Å². The normalized spacial score (nSPS) is 10.3. The van der Waals surface area contributed by atoms with Crippen LogP contribution < -0.4 is 5.32 Å². The lowest BCUT2D eigenvalue weighted by atomic mass is 10.1. The van der Waals surface area contributed by atoms with Crippen LogP contribution in [0, 0.1) is 5.82 Å². The zero-order valence-corrected chi connectivity index (χ0v) is 14.2. The van der Waals surface area contributed by atoms with Gasteiger partial charge in [-0.15, -0.1) is 0 Å². The van der Waals surface area contributed by atoms with Crippen LogP contribution in [-0.4, -0.2) is 34.8 Å². The van der Waals surface area contributed by atoms with E-state index in [1.54, 1.807) is 35.5 Å². The summed E-state index contributed by atoms with van der Waals surface area (Å²) >= 11 is 0. The van der Waals surface area contributed by atoms with Crippen LogP contribution in [-0.2, 0) is 22.6 Å². The van der Waals surface area contributed by atoms with Gasteiger partial charge in [-0.05, 0) is 29.7 Å². The highest BCUT2D eigenvalue weighted by molar-refractivity contribution is 5.78. The van der Waals surface area contributed by atoms with Crippen LogP contribution in [0.1, 0.15) is 24.5 Å². The molecule has 0 bridgehead atoms. The molecule has 1 heterocycles. The van der Waals surface area contributed by atoms with E-state index in [0.29, 0.717) is 31.6 Å². The van der Waals surface area contributed by atoms with Gasteiger partial charge in [0.2, 0.25) is 11.8 Å². The van der Waals surface area contributed by atoms with Crippen LogP contribution >= 0.6 is 0 Å². The molecule has 0 atom stereocenters. The minimum Gasteiger partial charge on any atom is -0.356 e. The van der Waals surface area contributed by atoms with Crippen molar-refractivity contribution in [2.45, 2.75) is 26.3 Å². The number of rotatable bonds is 8. The number of hydrogen-bond donors (Lipinski definition) is 1. The lowest BCUT2D eigenvalue weighted by molar-refractivity contribution is -0.130. The molecule has 6 heteroatoms. The van der Waals surface area contributed by atoms with E-state index in [2.05, 4.69) is 10.3 Å². The Morgan fingerprint density at radius 3 is 2.68 bits per heavy atom. The summed E-state index contributed by atoms with van der Waals surface area (Å²) in [5.41, 5.74) is 1.49. The molecule has 0 saturated carbocycles. The number of nitrogens with one attached hydrogen (secondary N) is 1. The first-order valence-electron chi connectivity index (χ1n) is 8.21. The first-order valence-corrected chi connectivity index (χ1v) is 8.21. The van der Waals surface area contributed by atoms with E-state index in [4.69, 9.17) is 0 Å². The van der Waals surface area contributed by atoms with Crippen LogP contribution in [0.4, 0.5) is 4.39 Å². The van der Waals surface area contributed by atoms with Gasteiger partial charge in [0.1, 0.15) is 5.82 Å². The standard InChI is InChI=1S/C19H22FN3O2/c1-15(24)23(14-16-5-4-10-21-13-16)12-9-19(25)22-11-8-17-6-2-3-7-18(17)20/h2-7,10,13H,8-9,11-12,14H2,1H3,(H,22,25). The third-order valence-electron chi connectivity index (χ3n) is 3.82. The van der Waals surface area contributed by atoms with Gasteiger partial charge in [-0.1, -0.05) is 24.3 Å². The fourth-order valence-electron chi connectivity index (χ4n) is 2.42. The second-order valence-electron chi connectivity index (χ2n) is 5.74. The monoisotopic (exact) mass is 343 g/mol. The molecule has 25 heavy (non-hydrogen) atoms. The largest absolute Gasteiger partial charge is 0.356 e. The Labute approximate surface area is 146 Å². The van der Waals surface area contributed by atoms with Gasteiger partial charge in [0.05, 0.1) is 0 Å². The molecule has 0 aliphatic carbocycles. The van der Waals surface area contributed by atoms with E-state index in [-0.39, 0.29) is 24.1 Å². The van der Waals surface area contributed by atoms with Crippen molar-refractivity contribution in [2.24, 2.45) is 0 Å². The number of halogens is 1. The van der Waals surface area contributed by atoms with Crippen molar-refractivity contribution in [1.82, 2.24) is 15.2 Å². The number of nitrogens with zero attached hydrogens (tertiary/aromatic N) is 2. The summed E-state index contributed by atoms with van der Waals surface area (Å²) < 4.78 is 13.5. The van der Waals surface area contributed by atoms with Crippen molar-refractivity contribution in [2.75, 3.05) is 13.1 Å². The number of amides is 2. The molecule has 0 aliphatic heterocycles. The molecule has 0 fully saturated rings. The molecule has 1 aromatic carbocycles. The predicted octanol–water partition coefficient (Wildman–Crippen LogP) is 2.32. The first-order chi connectivity index (χ1) is 12.1. The van der Waals surface area contributed by atoms with Crippen LogP contribution in [0.2, 0.25) is 0 Å². The van der Waals surface area contributed by atoms with Gasteiger partial charge in [0.15, 0.2) is 0 Å². The molecule has 2 aromatic rings. The lowest BCUT2D eigenvalue weighted by Gasteiger charge is -2.20. The number of pyridine rings is 1. The Kier molecular flexibility index (Phi) is 7.07.